The number of nitrogens with zero attached hydrogens (tertiary/aromatic N) is 4. The van der Waals surface area contributed by atoms with Crippen molar-refractivity contribution in [3.05, 3.63) is 48.8 Å². The number of imidazole rings is 1. The Labute approximate surface area is 252 Å². The molecule has 1 fully saturated rings. The zero-order valence-corrected chi connectivity index (χ0v) is 25.7. The number of aromatic nitrogens is 4. The molecule has 2 aromatic carbocycles. The number of anilines is 2. The van der Waals surface area contributed by atoms with E-state index in [0.717, 1.165) is 12.3 Å². The van der Waals surface area contributed by atoms with Gasteiger partial charge in [0.05, 0.1) is 19.0 Å². The number of nitrogens with one attached hydrogen (secondary N) is 2. The van der Waals surface area contributed by atoms with E-state index in [2.05, 4.69) is 25.4 Å². The Morgan fingerprint density at radius 2 is 1.95 bits per heavy atom. The van der Waals surface area contributed by atoms with E-state index < -0.39 is 56.6 Å². The molecule has 6 atom stereocenters. The van der Waals surface area contributed by atoms with Gasteiger partial charge < -0.3 is 30.2 Å². The first-order valence-corrected chi connectivity index (χ1v) is 15.5. The molecule has 44 heavy (non-hydrogen) atoms. The lowest BCUT2D eigenvalue weighted by Crippen LogP contribution is -2.41. The number of aliphatic hydroxyl groups is 1. The van der Waals surface area contributed by atoms with Gasteiger partial charge in [-0.1, -0.05) is 36.4 Å². The van der Waals surface area contributed by atoms with Crippen molar-refractivity contribution in [1.29, 1.82) is 0 Å². The molecule has 4 aromatic rings. The average Bonchev–Trinajstić information content (AvgIpc) is 3.48. The number of aliphatic hydroxyl groups excluding tert-OH is 1. The number of rotatable bonds is 11. The third-order valence-corrected chi connectivity index (χ3v) is 8.71. The Bertz CT molecular complexity index is 1710. The van der Waals surface area contributed by atoms with Crippen molar-refractivity contribution in [2.24, 2.45) is 0 Å². The van der Waals surface area contributed by atoms with Gasteiger partial charge in [0.1, 0.15) is 24.0 Å². The molecular formula is C28H35FN7O7P. The van der Waals surface area contributed by atoms with Crippen LogP contribution in [0.1, 0.15) is 33.9 Å². The lowest BCUT2D eigenvalue weighted by molar-refractivity contribution is -0.149. The van der Waals surface area contributed by atoms with Crippen LogP contribution in [-0.4, -0.2) is 74.3 Å². The van der Waals surface area contributed by atoms with Crippen LogP contribution in [0.5, 0.6) is 5.75 Å². The number of benzene rings is 2. The number of hydrogen-bond donors (Lipinski definition) is 4. The predicted molar refractivity (Wildman–Crippen MR) is 161 cm³/mol. The number of nitrogen functional groups attached to an aromatic ring is 1. The molecule has 0 aliphatic carbocycles. The molecular weight excluding hydrogens is 596 g/mol. The monoisotopic (exact) mass is 631 g/mol. The van der Waals surface area contributed by atoms with E-state index in [-0.39, 0.29) is 17.3 Å². The van der Waals surface area contributed by atoms with Gasteiger partial charge in [0.15, 0.2) is 28.9 Å². The highest BCUT2D eigenvalue weighted by Crippen LogP contribution is 2.49. The molecule has 0 amide bonds. The molecule has 14 nitrogen and oxygen atoms in total. The quantitative estimate of drug-likeness (QED) is 0.139. The van der Waals surface area contributed by atoms with Crippen LogP contribution in [0.15, 0.2) is 48.8 Å². The summed E-state index contributed by atoms with van der Waals surface area (Å²) in [6.45, 7) is 5.38. The maximum absolute atomic E-state index is 16.1. The van der Waals surface area contributed by atoms with E-state index in [4.69, 9.17) is 24.3 Å². The Kier molecular flexibility index (Phi) is 8.78. The highest BCUT2D eigenvalue weighted by molar-refractivity contribution is 7.52. The third kappa shape index (κ3) is 6.19. The number of esters is 1. The Morgan fingerprint density at radius 3 is 2.68 bits per heavy atom. The highest BCUT2D eigenvalue weighted by Gasteiger charge is 2.56. The molecule has 1 unspecified atom stereocenters. The smallest absolute Gasteiger partial charge is 0.459 e. The second-order valence-corrected chi connectivity index (χ2v) is 12.5. The normalized spacial score (nSPS) is 24.0. The summed E-state index contributed by atoms with van der Waals surface area (Å²) in [6, 6.07) is 11.3. The van der Waals surface area contributed by atoms with E-state index in [0.29, 0.717) is 16.7 Å². The summed E-state index contributed by atoms with van der Waals surface area (Å²) in [5.41, 5.74) is 3.96. The minimum absolute atomic E-state index is 0.0784. The van der Waals surface area contributed by atoms with Crippen LogP contribution in [0.2, 0.25) is 0 Å². The maximum atomic E-state index is 16.1. The van der Waals surface area contributed by atoms with Crippen molar-refractivity contribution in [3.8, 4) is 5.75 Å². The van der Waals surface area contributed by atoms with Crippen LogP contribution < -0.4 is 20.7 Å². The first-order chi connectivity index (χ1) is 20.8. The SMILES string of the molecule is CNc1nc(N)nc2c1ncn2[C@@H]1O[C@H](COP(=O)(N[C@H](C)C(=O)OC(C)C)Oc2cccc3ccccc23)[C@@H](O)[C@@]1(C)F. The molecule has 236 valence electrons. The number of fused-ring (bicyclic) bond motifs is 2. The number of nitrogens with two attached hydrogens (primary N) is 1. The number of carbonyl (C=O) groups is 1. The van der Waals surface area contributed by atoms with Crippen LogP contribution >= 0.6 is 7.75 Å². The minimum atomic E-state index is -4.38. The second-order valence-electron chi connectivity index (χ2n) is 10.8. The fraction of sp³-hybridized carbons (Fsp3) is 0.429. The van der Waals surface area contributed by atoms with Gasteiger partial charge in [0.2, 0.25) is 5.95 Å². The van der Waals surface area contributed by atoms with Crippen LogP contribution in [0, 0.1) is 0 Å². The summed E-state index contributed by atoms with van der Waals surface area (Å²) in [6.07, 6.45) is -3.59. The van der Waals surface area contributed by atoms with Crippen molar-refractivity contribution in [3.63, 3.8) is 0 Å². The second kappa shape index (κ2) is 12.3. The molecule has 0 spiro atoms. The van der Waals surface area contributed by atoms with Crippen molar-refractivity contribution in [2.75, 3.05) is 24.7 Å². The van der Waals surface area contributed by atoms with Gasteiger partial charge in [-0.15, -0.1) is 0 Å². The predicted octanol–water partition coefficient (Wildman–Crippen LogP) is 3.72. The topological polar surface area (TPSA) is 185 Å². The molecule has 1 aliphatic rings. The van der Waals surface area contributed by atoms with Crippen molar-refractivity contribution in [2.45, 2.75) is 63.9 Å². The molecule has 5 N–H and O–H groups in total. The van der Waals surface area contributed by atoms with E-state index in [1.807, 2.05) is 18.2 Å². The van der Waals surface area contributed by atoms with E-state index in [1.165, 1.54) is 17.8 Å². The van der Waals surface area contributed by atoms with Crippen LogP contribution in [0.4, 0.5) is 16.2 Å². The Hall–Kier alpha value is -3.88. The van der Waals surface area contributed by atoms with Gasteiger partial charge in [-0.3, -0.25) is 13.9 Å². The van der Waals surface area contributed by atoms with Gasteiger partial charge in [-0.05, 0) is 39.1 Å². The number of ether oxygens (including phenoxy) is 2. The number of alkyl halides is 1. The Morgan fingerprint density at radius 1 is 1.23 bits per heavy atom. The largest absolute Gasteiger partial charge is 0.462 e. The van der Waals surface area contributed by atoms with Crippen LogP contribution in [0.3, 0.4) is 0 Å². The van der Waals surface area contributed by atoms with Gasteiger partial charge in [0, 0.05) is 12.4 Å². The van der Waals surface area contributed by atoms with Gasteiger partial charge in [-0.2, -0.15) is 15.1 Å². The zero-order valence-electron chi connectivity index (χ0n) is 24.8. The zero-order chi connectivity index (χ0) is 31.8. The standard InChI is InChI=1S/C28H35FN7O7P/c1-15(2)41-25(38)16(3)35-44(39,43-19-12-8-10-17-9-6-7-11-18(17)19)40-13-20-22(37)28(4,29)26(42-20)36-14-32-21-23(31-5)33-27(30)34-24(21)36/h6-12,14-16,20,22,26,37H,13H2,1-5H3,(H,35,39)(H3,30,31,33,34)/t16-,20-,22-,26-,28-,44?/m1/s1. The summed E-state index contributed by atoms with van der Waals surface area (Å²) in [5.74, 6) is -0.224. The fourth-order valence-corrected chi connectivity index (χ4v) is 6.44. The van der Waals surface area contributed by atoms with Crippen LogP contribution in [-0.2, 0) is 23.4 Å². The summed E-state index contributed by atoms with van der Waals surface area (Å²) in [4.78, 5) is 25.1. The van der Waals surface area contributed by atoms with Gasteiger partial charge in [0.25, 0.3) is 0 Å². The highest BCUT2D eigenvalue weighted by atomic mass is 31.2. The molecule has 0 radical (unpaired) electrons. The van der Waals surface area contributed by atoms with E-state index in [9.17, 15) is 14.5 Å². The lowest BCUT2D eigenvalue weighted by Gasteiger charge is -2.26. The molecule has 0 bridgehead atoms. The van der Waals surface area contributed by atoms with E-state index >= 15 is 4.39 Å². The lowest BCUT2D eigenvalue weighted by atomic mass is 9.98. The molecule has 5 rings (SSSR count). The average molecular weight is 632 g/mol. The number of hydrogen-bond acceptors (Lipinski definition) is 12. The molecule has 3 heterocycles. The molecule has 16 heteroatoms. The van der Waals surface area contributed by atoms with Crippen molar-refractivity contribution < 1.29 is 37.4 Å². The Balaban J connectivity index is 1.42. The minimum Gasteiger partial charge on any atom is -0.462 e. The molecule has 1 aliphatic heterocycles. The third-order valence-electron chi connectivity index (χ3n) is 7.08. The summed E-state index contributed by atoms with van der Waals surface area (Å²) < 4.78 is 54.4. The molecule has 2 aromatic heterocycles. The van der Waals surface area contributed by atoms with Crippen LogP contribution in [0.25, 0.3) is 21.9 Å². The van der Waals surface area contributed by atoms with E-state index in [1.54, 1.807) is 45.2 Å². The van der Waals surface area contributed by atoms with Crippen molar-refractivity contribution in [1.82, 2.24) is 24.6 Å². The number of carbonyl (C=O) groups excluding carboxylic acids is 1. The first-order valence-electron chi connectivity index (χ1n) is 13.9. The van der Waals surface area contributed by atoms with Gasteiger partial charge >= 0.3 is 13.7 Å². The summed E-state index contributed by atoms with van der Waals surface area (Å²) in [7, 11) is -2.76. The summed E-state index contributed by atoms with van der Waals surface area (Å²) >= 11 is 0. The number of halogens is 1. The van der Waals surface area contributed by atoms with Crippen molar-refractivity contribution >= 4 is 47.4 Å². The molecule has 1 saturated heterocycles. The maximum Gasteiger partial charge on any atom is 0.459 e. The fourth-order valence-electron chi connectivity index (χ4n) is 4.92. The summed E-state index contributed by atoms with van der Waals surface area (Å²) in [5, 5.41) is 17.9. The molecule has 0 saturated carbocycles. The first kappa shape index (κ1) is 31.5. The van der Waals surface area contributed by atoms with Gasteiger partial charge in [-0.25, -0.2) is 13.9 Å².